The van der Waals surface area contributed by atoms with Gasteiger partial charge in [-0.15, -0.1) is 0 Å². The van der Waals surface area contributed by atoms with Crippen molar-refractivity contribution < 1.29 is 36.7 Å². The van der Waals surface area contributed by atoms with Crippen LogP contribution in [0.5, 0.6) is 0 Å². The van der Waals surface area contributed by atoms with E-state index < -0.39 is 36.1 Å². The largest absolute Gasteiger partial charge is 0.450 e. The maximum atomic E-state index is 12.9. The van der Waals surface area contributed by atoms with Crippen LogP contribution in [-0.2, 0) is 20.5 Å². The number of carbonyl (C=O) groups excluding carboxylic acids is 3. The van der Waals surface area contributed by atoms with Crippen LogP contribution in [0.4, 0.5) is 18.9 Å². The zero-order valence-electron chi connectivity index (χ0n) is 18.3. The van der Waals surface area contributed by atoms with E-state index in [0.29, 0.717) is 5.69 Å². The molecule has 0 aliphatic carbocycles. The van der Waals surface area contributed by atoms with Gasteiger partial charge in [-0.1, -0.05) is 24.3 Å². The minimum absolute atomic E-state index is 0.0330. The molecule has 0 saturated heterocycles. The second-order valence-corrected chi connectivity index (χ2v) is 7.39. The smallest absolute Gasteiger partial charge is 0.416 e. The topological polar surface area (TPSA) is 97.6 Å². The molecule has 2 aromatic carbocycles. The molecule has 2 amide bonds. The first-order valence-corrected chi connectivity index (χ1v) is 10.1. The lowest BCUT2D eigenvalue weighted by Crippen LogP contribution is -2.35. The number of carbonyl (C=O) groups is 3. The third kappa shape index (κ3) is 6.25. The fourth-order valence-electron chi connectivity index (χ4n) is 2.96. The molecule has 2 N–H and O–H groups in total. The molecule has 10 heteroatoms. The minimum Gasteiger partial charge on any atom is -0.450 e. The van der Waals surface area contributed by atoms with Crippen LogP contribution in [0, 0.1) is 13.8 Å². The van der Waals surface area contributed by atoms with Crippen LogP contribution in [0.1, 0.15) is 27.2 Å². The van der Waals surface area contributed by atoms with E-state index in [4.69, 9.17) is 9.15 Å². The molecule has 0 radical (unpaired) electrons. The zero-order valence-corrected chi connectivity index (χ0v) is 18.3. The average Bonchev–Trinajstić information content (AvgIpc) is 3.29. The van der Waals surface area contributed by atoms with Gasteiger partial charge in [0.25, 0.3) is 5.91 Å². The second-order valence-electron chi connectivity index (χ2n) is 7.39. The van der Waals surface area contributed by atoms with Crippen molar-refractivity contribution >= 4 is 23.5 Å². The van der Waals surface area contributed by atoms with Gasteiger partial charge in [0.15, 0.2) is 6.61 Å². The van der Waals surface area contributed by atoms with Gasteiger partial charge < -0.3 is 19.8 Å². The number of nitrogens with one attached hydrogen (secondary N) is 2. The summed E-state index contributed by atoms with van der Waals surface area (Å²) in [6.07, 6.45) is -4.52. The van der Waals surface area contributed by atoms with E-state index in [-0.39, 0.29) is 23.6 Å². The highest BCUT2D eigenvalue weighted by Gasteiger charge is 2.30. The van der Waals surface area contributed by atoms with Gasteiger partial charge in [-0.05, 0) is 55.3 Å². The van der Waals surface area contributed by atoms with Crippen LogP contribution in [-0.4, -0.2) is 30.9 Å². The van der Waals surface area contributed by atoms with Gasteiger partial charge in [0, 0.05) is 11.3 Å². The lowest BCUT2D eigenvalue weighted by atomic mass is 10.1. The van der Waals surface area contributed by atoms with E-state index in [1.54, 1.807) is 12.1 Å². The summed E-state index contributed by atoms with van der Waals surface area (Å²) in [5.41, 5.74) is 1.80. The van der Waals surface area contributed by atoms with E-state index in [2.05, 4.69) is 10.6 Å². The fourth-order valence-corrected chi connectivity index (χ4v) is 2.96. The zero-order chi connectivity index (χ0) is 24.9. The maximum Gasteiger partial charge on any atom is 0.416 e. The van der Waals surface area contributed by atoms with Gasteiger partial charge in [-0.25, -0.2) is 4.79 Å². The maximum absolute atomic E-state index is 12.9. The summed E-state index contributed by atoms with van der Waals surface area (Å²) < 4.78 is 48.8. The molecule has 0 unspecified atom stereocenters. The molecule has 3 rings (SSSR count). The van der Waals surface area contributed by atoms with Gasteiger partial charge in [0.05, 0.1) is 12.1 Å². The molecule has 0 fully saturated rings. The number of alkyl halides is 3. The molecular weight excluding hydrogens is 453 g/mol. The van der Waals surface area contributed by atoms with Gasteiger partial charge in [0.1, 0.15) is 5.76 Å². The summed E-state index contributed by atoms with van der Waals surface area (Å²) in [5.74, 6) is -2.40. The number of hydrogen-bond donors (Lipinski definition) is 2. The summed E-state index contributed by atoms with van der Waals surface area (Å²) >= 11 is 0. The molecule has 0 aliphatic heterocycles. The van der Waals surface area contributed by atoms with Crippen LogP contribution in [0.15, 0.2) is 59.0 Å². The predicted molar refractivity (Wildman–Crippen MR) is 117 cm³/mol. The third-order valence-electron chi connectivity index (χ3n) is 4.94. The monoisotopic (exact) mass is 474 g/mol. The number of ether oxygens (including phenoxy) is 1. The first-order valence-electron chi connectivity index (χ1n) is 10.1. The Hall–Kier alpha value is -4.08. The Kier molecular flexibility index (Phi) is 7.40. The lowest BCUT2D eigenvalue weighted by molar-refractivity contribution is -0.137. The van der Waals surface area contributed by atoms with Crippen molar-refractivity contribution in [3.63, 3.8) is 0 Å². The van der Waals surface area contributed by atoms with Crippen LogP contribution in [0.3, 0.4) is 0 Å². The Balaban J connectivity index is 1.49. The molecule has 3 aromatic rings. The van der Waals surface area contributed by atoms with Crippen LogP contribution >= 0.6 is 0 Å². The van der Waals surface area contributed by atoms with E-state index in [1.165, 1.54) is 24.3 Å². The van der Waals surface area contributed by atoms with Gasteiger partial charge >= 0.3 is 12.1 Å². The first kappa shape index (κ1) is 24.6. The van der Waals surface area contributed by atoms with E-state index >= 15 is 0 Å². The number of anilines is 1. The molecule has 0 aliphatic rings. The summed E-state index contributed by atoms with van der Waals surface area (Å²) in [4.78, 5) is 36.1. The highest BCUT2D eigenvalue weighted by Crippen LogP contribution is 2.32. The Morgan fingerprint density at radius 2 is 1.71 bits per heavy atom. The lowest BCUT2D eigenvalue weighted by Gasteiger charge is -2.11. The van der Waals surface area contributed by atoms with Crippen molar-refractivity contribution in [2.24, 2.45) is 0 Å². The summed E-state index contributed by atoms with van der Waals surface area (Å²) in [6.45, 7) is 2.76. The predicted octanol–water partition coefficient (Wildman–Crippen LogP) is 4.49. The third-order valence-corrected chi connectivity index (χ3v) is 4.94. The Labute approximate surface area is 192 Å². The summed E-state index contributed by atoms with van der Waals surface area (Å²) in [6, 6.07) is 12.4. The number of aryl methyl sites for hydroxylation is 1. The molecular formula is C24H21F3N2O5. The van der Waals surface area contributed by atoms with Crippen LogP contribution in [0.2, 0.25) is 0 Å². The molecule has 0 saturated carbocycles. The van der Waals surface area contributed by atoms with E-state index in [0.717, 1.165) is 23.3 Å². The SMILES string of the molecule is Cc1cccc(NC(=O)CNC(=O)COC(=O)c2ccc(-c3cccc(C(F)(F)F)c3)o2)c1C. The van der Waals surface area contributed by atoms with E-state index in [9.17, 15) is 27.6 Å². The quantitative estimate of drug-likeness (QED) is 0.492. The van der Waals surface area contributed by atoms with E-state index in [1.807, 2.05) is 19.9 Å². The minimum atomic E-state index is -4.52. The normalized spacial score (nSPS) is 11.1. The first-order chi connectivity index (χ1) is 16.0. The number of halogens is 3. The van der Waals surface area contributed by atoms with Crippen molar-refractivity contribution in [1.29, 1.82) is 0 Å². The Morgan fingerprint density at radius 3 is 2.44 bits per heavy atom. The highest BCUT2D eigenvalue weighted by atomic mass is 19.4. The number of rotatable bonds is 7. The molecule has 1 aromatic heterocycles. The van der Waals surface area contributed by atoms with Crippen molar-refractivity contribution in [1.82, 2.24) is 5.32 Å². The number of hydrogen-bond acceptors (Lipinski definition) is 5. The second kappa shape index (κ2) is 10.2. The van der Waals surface area contributed by atoms with Gasteiger partial charge in [0.2, 0.25) is 11.7 Å². The van der Waals surface area contributed by atoms with Gasteiger partial charge in [-0.3, -0.25) is 9.59 Å². The van der Waals surface area contributed by atoms with Crippen LogP contribution in [0.25, 0.3) is 11.3 Å². The summed E-state index contributed by atoms with van der Waals surface area (Å²) in [5, 5.41) is 5.01. The molecule has 7 nitrogen and oxygen atoms in total. The van der Waals surface area contributed by atoms with Crippen LogP contribution < -0.4 is 10.6 Å². The standard InChI is InChI=1S/C24H21F3N2O5/c1-14-5-3-8-18(15(14)2)29-21(30)12-28-22(31)13-33-23(32)20-10-9-19(34-20)16-6-4-7-17(11-16)24(25,26)27/h3-11H,12-13H2,1-2H3,(H,28,31)(H,29,30). The molecule has 0 atom stereocenters. The molecule has 34 heavy (non-hydrogen) atoms. The Bertz CT molecular complexity index is 1220. The number of amides is 2. The summed E-state index contributed by atoms with van der Waals surface area (Å²) in [7, 11) is 0. The van der Waals surface area contributed by atoms with Crippen molar-refractivity contribution in [2.75, 3.05) is 18.5 Å². The van der Waals surface area contributed by atoms with Crippen molar-refractivity contribution in [3.8, 4) is 11.3 Å². The Morgan fingerprint density at radius 1 is 0.971 bits per heavy atom. The fraction of sp³-hybridized carbons (Fsp3) is 0.208. The van der Waals surface area contributed by atoms with Crippen molar-refractivity contribution in [2.45, 2.75) is 20.0 Å². The highest BCUT2D eigenvalue weighted by molar-refractivity contribution is 5.96. The van der Waals surface area contributed by atoms with Crippen molar-refractivity contribution in [3.05, 3.63) is 77.0 Å². The molecule has 0 spiro atoms. The molecule has 1 heterocycles. The number of furan rings is 1. The average molecular weight is 474 g/mol. The van der Waals surface area contributed by atoms with Gasteiger partial charge in [-0.2, -0.15) is 13.2 Å². The molecule has 178 valence electrons. The number of esters is 1. The molecule has 0 bridgehead atoms. The number of benzene rings is 2.